The van der Waals surface area contributed by atoms with E-state index in [2.05, 4.69) is 17.5 Å². The molecule has 3 N–H and O–H groups in total. The van der Waals surface area contributed by atoms with Crippen molar-refractivity contribution in [3.05, 3.63) is 12.2 Å². The lowest BCUT2D eigenvalue weighted by Crippen LogP contribution is -2.30. The first-order chi connectivity index (χ1) is 9.33. The van der Waals surface area contributed by atoms with Crippen LogP contribution >= 0.6 is 21.6 Å². The van der Waals surface area contributed by atoms with Gasteiger partial charge in [0.25, 0.3) is 0 Å². The van der Waals surface area contributed by atoms with Gasteiger partial charge in [-0.25, -0.2) is 4.79 Å². The third-order valence-electron chi connectivity index (χ3n) is 2.73. The summed E-state index contributed by atoms with van der Waals surface area (Å²) in [5, 5.41) is 2.80. The summed E-state index contributed by atoms with van der Waals surface area (Å²) in [4.78, 5) is 11.6. The van der Waals surface area contributed by atoms with Crippen molar-refractivity contribution in [2.45, 2.75) is 38.2 Å². The molecule has 110 valence electrons. The number of rotatable bonds is 7. The average molecular weight is 304 g/mol. The number of carbonyl (C=O) groups excluding carboxylic acids is 1. The van der Waals surface area contributed by atoms with Crippen molar-refractivity contribution in [2.75, 3.05) is 24.6 Å². The van der Waals surface area contributed by atoms with E-state index < -0.39 is 0 Å². The molecule has 0 aromatic rings. The zero-order valence-electron chi connectivity index (χ0n) is 11.3. The highest BCUT2D eigenvalue weighted by Gasteiger charge is 2.14. The monoisotopic (exact) mass is 304 g/mol. The molecule has 1 atom stereocenters. The topological polar surface area (TPSA) is 64.3 Å². The lowest BCUT2D eigenvalue weighted by atomic mass is 10.0. The summed E-state index contributed by atoms with van der Waals surface area (Å²) in [6.45, 7) is 1.34. The van der Waals surface area contributed by atoms with Gasteiger partial charge >= 0.3 is 6.09 Å². The maximum absolute atomic E-state index is 11.6. The first-order valence-electron chi connectivity index (χ1n) is 6.87. The number of allylic oxidation sites excluding steroid dienone is 2. The molecule has 0 unspecified atom stereocenters. The van der Waals surface area contributed by atoms with E-state index in [0.717, 1.165) is 43.6 Å². The van der Waals surface area contributed by atoms with E-state index >= 15 is 0 Å². The predicted octanol–water partition coefficient (Wildman–Crippen LogP) is 2.94. The second kappa shape index (κ2) is 11.5. The predicted molar refractivity (Wildman–Crippen MR) is 84.5 cm³/mol. The molecule has 0 aromatic heterocycles. The molecule has 1 rings (SSSR count). The lowest BCUT2D eigenvalue weighted by Gasteiger charge is -2.18. The number of nitrogens with two attached hydrogens (primary N) is 1. The van der Waals surface area contributed by atoms with Crippen LogP contribution in [0.5, 0.6) is 0 Å². The third kappa shape index (κ3) is 9.24. The molecular formula is C13H24N2O2S2. The van der Waals surface area contributed by atoms with E-state index in [1.54, 1.807) is 21.6 Å². The number of alkyl carbamates (subject to hydrolysis) is 1. The molecule has 0 bridgehead atoms. The van der Waals surface area contributed by atoms with Crippen LogP contribution < -0.4 is 11.1 Å². The van der Waals surface area contributed by atoms with Crippen LogP contribution in [0.25, 0.3) is 0 Å². The van der Waals surface area contributed by atoms with Gasteiger partial charge in [0, 0.05) is 24.6 Å². The Kier molecular flexibility index (Phi) is 10.1. The first-order valence-corrected chi connectivity index (χ1v) is 9.35. The first kappa shape index (κ1) is 16.7. The summed E-state index contributed by atoms with van der Waals surface area (Å²) in [6.07, 6.45) is 9.29. The minimum absolute atomic E-state index is 0.0734. The van der Waals surface area contributed by atoms with Crippen molar-refractivity contribution in [2.24, 2.45) is 5.73 Å². The quantitative estimate of drug-likeness (QED) is 0.430. The van der Waals surface area contributed by atoms with E-state index in [9.17, 15) is 4.79 Å². The van der Waals surface area contributed by atoms with Gasteiger partial charge in [-0.2, -0.15) is 0 Å². The molecule has 0 aromatic carbocycles. The number of hydrogen-bond acceptors (Lipinski definition) is 5. The lowest BCUT2D eigenvalue weighted by molar-refractivity contribution is 0.0869. The summed E-state index contributed by atoms with van der Waals surface area (Å²) in [7, 11) is 3.47. The normalized spacial score (nSPS) is 21.2. The molecule has 1 aliphatic carbocycles. The molecule has 0 saturated carbocycles. The van der Waals surface area contributed by atoms with Gasteiger partial charge in [-0.05, 0) is 32.1 Å². The molecule has 0 radical (unpaired) electrons. The smallest absolute Gasteiger partial charge is 0.407 e. The van der Waals surface area contributed by atoms with Crippen LogP contribution in [-0.4, -0.2) is 36.8 Å². The van der Waals surface area contributed by atoms with Gasteiger partial charge in [-0.3, -0.25) is 0 Å². The molecule has 0 fully saturated rings. The Balaban J connectivity index is 2.04. The van der Waals surface area contributed by atoms with Gasteiger partial charge in [0.2, 0.25) is 0 Å². The van der Waals surface area contributed by atoms with Gasteiger partial charge in [0.15, 0.2) is 0 Å². The molecule has 1 aliphatic rings. The number of ether oxygens (including phenoxy) is 1. The second-order valence-electron chi connectivity index (χ2n) is 4.37. The molecule has 1 amide bonds. The zero-order valence-corrected chi connectivity index (χ0v) is 12.9. The van der Waals surface area contributed by atoms with Gasteiger partial charge in [-0.15, -0.1) is 0 Å². The molecule has 0 aliphatic heterocycles. The highest BCUT2D eigenvalue weighted by molar-refractivity contribution is 8.76. The molecule has 0 heterocycles. The van der Waals surface area contributed by atoms with Crippen molar-refractivity contribution in [3.8, 4) is 0 Å². The number of amides is 1. The van der Waals surface area contributed by atoms with Crippen molar-refractivity contribution in [3.63, 3.8) is 0 Å². The van der Waals surface area contributed by atoms with Crippen LogP contribution in [0, 0.1) is 0 Å². The van der Waals surface area contributed by atoms with Gasteiger partial charge < -0.3 is 15.8 Å². The summed E-state index contributed by atoms with van der Waals surface area (Å²) in [5.41, 5.74) is 5.39. The van der Waals surface area contributed by atoms with Crippen molar-refractivity contribution in [1.82, 2.24) is 5.32 Å². The molecule has 0 saturated heterocycles. The maximum Gasteiger partial charge on any atom is 0.407 e. The summed E-state index contributed by atoms with van der Waals surface area (Å²) in [5.74, 6) is 1.83. The Morgan fingerprint density at radius 3 is 2.89 bits per heavy atom. The van der Waals surface area contributed by atoms with Gasteiger partial charge in [0.05, 0.1) is 0 Å². The SMILES string of the molecule is NCCSSCCNC(=O)O[C@@H]1CC/C=C\CCC1. The van der Waals surface area contributed by atoms with Gasteiger partial charge in [-0.1, -0.05) is 33.7 Å². The second-order valence-corrected chi connectivity index (χ2v) is 7.07. The van der Waals surface area contributed by atoms with Crippen LogP contribution in [0.2, 0.25) is 0 Å². The van der Waals surface area contributed by atoms with E-state index in [4.69, 9.17) is 10.5 Å². The Labute approximate surface area is 123 Å². The van der Waals surface area contributed by atoms with Crippen molar-refractivity contribution >= 4 is 27.7 Å². The van der Waals surface area contributed by atoms with Crippen LogP contribution in [0.1, 0.15) is 32.1 Å². The minimum atomic E-state index is -0.279. The van der Waals surface area contributed by atoms with E-state index in [1.165, 1.54) is 0 Å². The number of nitrogens with one attached hydrogen (secondary N) is 1. The zero-order chi connectivity index (χ0) is 13.8. The fraction of sp³-hybridized carbons (Fsp3) is 0.769. The number of carbonyl (C=O) groups is 1. The average Bonchev–Trinajstić information content (AvgIpc) is 2.37. The van der Waals surface area contributed by atoms with E-state index in [0.29, 0.717) is 13.1 Å². The highest BCUT2D eigenvalue weighted by Crippen LogP contribution is 2.19. The molecule has 19 heavy (non-hydrogen) atoms. The van der Waals surface area contributed by atoms with Crippen LogP contribution in [0.15, 0.2) is 12.2 Å². The van der Waals surface area contributed by atoms with Crippen molar-refractivity contribution < 1.29 is 9.53 Å². The Hall–Kier alpha value is -0.330. The Bertz CT molecular complexity index is 275. The maximum atomic E-state index is 11.6. The summed E-state index contributed by atoms with van der Waals surface area (Å²) >= 11 is 0. The van der Waals surface area contributed by atoms with E-state index in [1.807, 2.05) is 0 Å². The Morgan fingerprint density at radius 2 is 2.05 bits per heavy atom. The molecular weight excluding hydrogens is 280 g/mol. The van der Waals surface area contributed by atoms with Crippen LogP contribution in [-0.2, 0) is 4.74 Å². The van der Waals surface area contributed by atoms with Gasteiger partial charge in [0.1, 0.15) is 6.10 Å². The van der Waals surface area contributed by atoms with Crippen LogP contribution in [0.3, 0.4) is 0 Å². The fourth-order valence-corrected chi connectivity index (χ4v) is 3.56. The highest BCUT2D eigenvalue weighted by atomic mass is 33.1. The van der Waals surface area contributed by atoms with Crippen molar-refractivity contribution in [1.29, 1.82) is 0 Å². The largest absolute Gasteiger partial charge is 0.446 e. The minimum Gasteiger partial charge on any atom is -0.446 e. The molecule has 6 heteroatoms. The number of hydrogen-bond donors (Lipinski definition) is 2. The third-order valence-corrected chi connectivity index (χ3v) is 5.17. The summed E-state index contributed by atoms with van der Waals surface area (Å²) < 4.78 is 5.43. The standard InChI is InChI=1S/C13H24N2O2S2/c14-8-10-18-19-11-9-15-13(16)17-12-6-4-2-1-3-5-7-12/h1-2,12H,3-11,14H2,(H,15,16)/b2-1-/t12-/m1/s1. The van der Waals surface area contributed by atoms with Crippen LogP contribution in [0.4, 0.5) is 4.79 Å². The van der Waals surface area contributed by atoms with E-state index in [-0.39, 0.29) is 12.2 Å². The fourth-order valence-electron chi connectivity index (χ4n) is 1.80. The Morgan fingerprint density at radius 1 is 1.26 bits per heavy atom. The summed E-state index contributed by atoms with van der Waals surface area (Å²) in [6, 6.07) is 0. The molecule has 4 nitrogen and oxygen atoms in total. The molecule has 0 spiro atoms.